The monoisotopic (exact) mass is 428 g/mol. The Balaban J connectivity index is 1.70. The molecule has 0 radical (unpaired) electrons. The minimum absolute atomic E-state index is 0.246. The Morgan fingerprint density at radius 3 is 2.52 bits per heavy atom. The van der Waals surface area contributed by atoms with Gasteiger partial charge in [-0.2, -0.15) is 10.2 Å². The molecular weight excluding hydrogens is 412 g/mol. The summed E-state index contributed by atoms with van der Waals surface area (Å²) in [6.07, 6.45) is 1.62. The predicted octanol–water partition coefficient (Wildman–Crippen LogP) is 4.87. The summed E-state index contributed by atoms with van der Waals surface area (Å²) in [7, 11) is 0. The molecule has 7 nitrogen and oxygen atoms in total. The molecule has 31 heavy (non-hydrogen) atoms. The molecule has 1 atom stereocenters. The molecule has 0 saturated heterocycles. The number of rotatable bonds is 2. The molecule has 152 valence electrons. The largest absolute Gasteiger partial charge is 0.420 e. The van der Waals surface area contributed by atoms with Crippen LogP contribution in [0.4, 0.5) is 0 Å². The fourth-order valence-corrected chi connectivity index (χ4v) is 4.49. The molecule has 3 aromatic heterocycles. The molecule has 0 saturated carbocycles. The molecule has 0 spiro atoms. The van der Waals surface area contributed by atoms with Gasteiger partial charge >= 0.3 is 0 Å². The Hall–Kier alpha value is -3.71. The minimum atomic E-state index is -0.246. The first-order valence-corrected chi connectivity index (χ1v) is 10.3. The second-order valence-electron chi connectivity index (χ2n) is 7.50. The zero-order valence-corrected chi connectivity index (χ0v) is 17.6. The number of benzene rings is 2. The third kappa shape index (κ3) is 2.67. The number of ether oxygens (including phenoxy) is 1. The van der Waals surface area contributed by atoms with E-state index >= 15 is 0 Å². The maximum atomic E-state index is 6.69. The van der Waals surface area contributed by atoms with Gasteiger partial charge in [0.15, 0.2) is 5.65 Å². The van der Waals surface area contributed by atoms with Crippen LogP contribution in [0.2, 0.25) is 5.02 Å². The van der Waals surface area contributed by atoms with Crippen LogP contribution in [0.5, 0.6) is 11.8 Å². The van der Waals surface area contributed by atoms with Crippen LogP contribution in [0.3, 0.4) is 0 Å². The summed E-state index contributed by atoms with van der Waals surface area (Å²) < 4.78 is 9.86. The summed E-state index contributed by atoms with van der Waals surface area (Å²) in [6, 6.07) is 17.7. The van der Waals surface area contributed by atoms with Gasteiger partial charge in [-0.3, -0.25) is 0 Å². The highest BCUT2D eigenvalue weighted by Gasteiger charge is 2.38. The number of nitrogens with zero attached hydrogens (tertiary/aromatic N) is 6. The highest BCUT2D eigenvalue weighted by Crippen LogP contribution is 2.50. The maximum absolute atomic E-state index is 6.69. The normalized spacial score (nSPS) is 14.9. The van der Waals surface area contributed by atoms with Crippen LogP contribution in [-0.2, 0) is 0 Å². The molecule has 6 rings (SSSR count). The second-order valence-corrected chi connectivity index (χ2v) is 7.91. The fraction of sp³-hybridized carbons (Fsp3) is 0.130. The van der Waals surface area contributed by atoms with Gasteiger partial charge in [0.25, 0.3) is 0 Å². The molecular formula is C23H17ClN6O. The number of aryl methyl sites for hydroxylation is 2. The van der Waals surface area contributed by atoms with Crippen molar-refractivity contribution in [2.45, 2.75) is 19.8 Å². The second kappa shape index (κ2) is 6.65. The van der Waals surface area contributed by atoms with E-state index in [2.05, 4.69) is 15.1 Å². The molecule has 0 N–H and O–H groups in total. The van der Waals surface area contributed by atoms with Crippen molar-refractivity contribution >= 4 is 17.2 Å². The van der Waals surface area contributed by atoms with E-state index in [1.807, 2.05) is 73.1 Å². The summed E-state index contributed by atoms with van der Waals surface area (Å²) in [5, 5.41) is 9.91. The molecule has 0 amide bonds. The van der Waals surface area contributed by atoms with E-state index in [-0.39, 0.29) is 5.92 Å². The number of para-hydroxylation sites is 1. The van der Waals surface area contributed by atoms with E-state index in [1.165, 1.54) is 0 Å². The molecule has 8 heteroatoms. The Morgan fingerprint density at radius 1 is 0.935 bits per heavy atom. The van der Waals surface area contributed by atoms with Crippen molar-refractivity contribution in [3.8, 4) is 17.4 Å². The minimum Gasteiger partial charge on any atom is -0.420 e. The molecule has 2 aromatic carbocycles. The van der Waals surface area contributed by atoms with Gasteiger partial charge in [-0.15, -0.1) is 0 Å². The third-order valence-electron chi connectivity index (χ3n) is 5.54. The number of hydrogen-bond acceptors (Lipinski definition) is 5. The lowest BCUT2D eigenvalue weighted by Gasteiger charge is -2.27. The average Bonchev–Trinajstić information content (AvgIpc) is 3.32. The summed E-state index contributed by atoms with van der Waals surface area (Å²) in [6.45, 7) is 3.84. The van der Waals surface area contributed by atoms with Gasteiger partial charge in [0, 0.05) is 5.02 Å². The van der Waals surface area contributed by atoms with E-state index < -0.39 is 0 Å². The zero-order chi connectivity index (χ0) is 21.1. The van der Waals surface area contributed by atoms with Gasteiger partial charge in [0.05, 0.1) is 28.4 Å². The van der Waals surface area contributed by atoms with E-state index in [1.54, 1.807) is 10.8 Å². The van der Waals surface area contributed by atoms with E-state index in [9.17, 15) is 0 Å². The van der Waals surface area contributed by atoms with Crippen LogP contribution in [-0.4, -0.2) is 29.4 Å². The predicted molar refractivity (Wildman–Crippen MR) is 116 cm³/mol. The van der Waals surface area contributed by atoms with Crippen molar-refractivity contribution in [3.05, 3.63) is 94.2 Å². The lowest BCUT2D eigenvalue weighted by molar-refractivity contribution is 0.402. The molecule has 0 bridgehead atoms. The van der Waals surface area contributed by atoms with Crippen molar-refractivity contribution in [2.24, 2.45) is 0 Å². The van der Waals surface area contributed by atoms with E-state index in [4.69, 9.17) is 21.4 Å². The van der Waals surface area contributed by atoms with Crippen LogP contribution < -0.4 is 4.74 Å². The molecule has 0 aliphatic carbocycles. The molecule has 0 fully saturated rings. The smallest absolute Gasteiger partial charge is 0.230 e. The van der Waals surface area contributed by atoms with Crippen molar-refractivity contribution in [2.75, 3.05) is 0 Å². The van der Waals surface area contributed by atoms with Crippen molar-refractivity contribution in [3.63, 3.8) is 0 Å². The van der Waals surface area contributed by atoms with Crippen LogP contribution in [0.15, 0.2) is 60.9 Å². The molecule has 0 unspecified atom stereocenters. The van der Waals surface area contributed by atoms with Gasteiger partial charge in [-0.05, 0) is 37.6 Å². The van der Waals surface area contributed by atoms with Gasteiger partial charge in [0.1, 0.15) is 12.2 Å². The summed E-state index contributed by atoms with van der Waals surface area (Å²) in [5.74, 6) is 1.53. The van der Waals surface area contributed by atoms with Crippen LogP contribution >= 0.6 is 11.6 Å². The number of fused-ring (bicyclic) bond motifs is 4. The Kier molecular flexibility index (Phi) is 3.88. The van der Waals surface area contributed by atoms with E-state index in [0.717, 1.165) is 28.1 Å². The van der Waals surface area contributed by atoms with Crippen molar-refractivity contribution in [1.82, 2.24) is 29.4 Å². The number of halogens is 1. The summed E-state index contributed by atoms with van der Waals surface area (Å²) in [4.78, 5) is 9.22. The van der Waals surface area contributed by atoms with Crippen molar-refractivity contribution < 1.29 is 4.74 Å². The zero-order valence-electron chi connectivity index (χ0n) is 16.8. The van der Waals surface area contributed by atoms with Gasteiger partial charge in [-0.25, -0.2) is 19.2 Å². The topological polar surface area (TPSA) is 70.1 Å². The lowest BCUT2D eigenvalue weighted by atomic mass is 9.84. The Bertz CT molecular complexity index is 1460. The molecule has 1 aliphatic heterocycles. The standard InChI is InChI=1S/C23H17ClN6O/c1-13-18-19(16-10-6-7-11-17(16)24)20-21-26-14(2)28-29(21)12-25-22(20)31-23(18)30(27-13)15-8-4-3-5-9-15/h3-12,19H,1-2H3/t19-/m1/s1. The Labute approximate surface area is 182 Å². The fourth-order valence-electron chi connectivity index (χ4n) is 4.25. The Morgan fingerprint density at radius 2 is 1.71 bits per heavy atom. The average molecular weight is 429 g/mol. The molecule has 5 aromatic rings. The van der Waals surface area contributed by atoms with Gasteiger partial charge in [-0.1, -0.05) is 48.0 Å². The number of aromatic nitrogens is 6. The van der Waals surface area contributed by atoms with Crippen LogP contribution in [0, 0.1) is 13.8 Å². The quantitative estimate of drug-likeness (QED) is 0.393. The molecule has 1 aliphatic rings. The molecule has 4 heterocycles. The third-order valence-corrected chi connectivity index (χ3v) is 5.89. The SMILES string of the molecule is Cc1nc2c3c(ncn2n1)Oc1c(c(C)nn1-c1ccccc1)[C@H]3c1ccccc1Cl. The summed E-state index contributed by atoms with van der Waals surface area (Å²) in [5.41, 5.74) is 5.19. The first-order valence-electron chi connectivity index (χ1n) is 9.91. The summed E-state index contributed by atoms with van der Waals surface area (Å²) >= 11 is 6.69. The van der Waals surface area contributed by atoms with Crippen molar-refractivity contribution in [1.29, 1.82) is 0 Å². The van der Waals surface area contributed by atoms with Crippen LogP contribution in [0.1, 0.15) is 34.1 Å². The first kappa shape index (κ1) is 18.1. The van der Waals surface area contributed by atoms with E-state index in [0.29, 0.717) is 28.3 Å². The first-order chi connectivity index (χ1) is 15.1. The lowest BCUT2D eigenvalue weighted by Crippen LogP contribution is -2.16. The van der Waals surface area contributed by atoms with Gasteiger partial charge in [0.2, 0.25) is 11.8 Å². The number of hydrogen-bond donors (Lipinski definition) is 0. The van der Waals surface area contributed by atoms with Gasteiger partial charge < -0.3 is 4.74 Å². The highest BCUT2D eigenvalue weighted by molar-refractivity contribution is 6.31. The van der Waals surface area contributed by atoms with Crippen LogP contribution in [0.25, 0.3) is 11.3 Å². The highest BCUT2D eigenvalue weighted by atomic mass is 35.5. The maximum Gasteiger partial charge on any atom is 0.230 e.